The highest BCUT2D eigenvalue weighted by Gasteiger charge is 2.34. The summed E-state index contributed by atoms with van der Waals surface area (Å²) in [6, 6.07) is 0. The molecule has 280 valence electrons. The minimum atomic E-state index is -1.12. The molecule has 0 fully saturated rings. The van der Waals surface area contributed by atoms with E-state index in [0.717, 1.165) is 25.7 Å². The number of hydrogen-bond acceptors (Lipinski definition) is 4. The Morgan fingerprint density at radius 3 is 0.915 bits per heavy atom. The van der Waals surface area contributed by atoms with Crippen molar-refractivity contribution in [1.29, 1.82) is 0 Å². The summed E-state index contributed by atoms with van der Waals surface area (Å²) in [4.78, 5) is 27.3. The second kappa shape index (κ2) is 33.4. The highest BCUT2D eigenvalue weighted by Crippen LogP contribution is 2.16. The monoisotopic (exact) mass is 666 g/mol. The van der Waals surface area contributed by atoms with Crippen molar-refractivity contribution >= 4 is 11.8 Å². The molecule has 0 bridgehead atoms. The van der Waals surface area contributed by atoms with Gasteiger partial charge in [0.1, 0.15) is 6.23 Å². The van der Waals surface area contributed by atoms with Crippen LogP contribution >= 0.6 is 0 Å². The Morgan fingerprint density at radius 2 is 0.702 bits per heavy atom. The molecule has 6 heteroatoms. The highest BCUT2D eigenvalue weighted by atomic mass is 16.3. The number of unbranched alkanes of at least 4 members (excludes halogenated alkanes) is 28. The molecule has 2 amide bonds. The van der Waals surface area contributed by atoms with Crippen LogP contribution in [0.4, 0.5) is 0 Å². The van der Waals surface area contributed by atoms with Crippen molar-refractivity contribution < 1.29 is 14.7 Å². The molecule has 0 aliphatic rings. The van der Waals surface area contributed by atoms with Crippen LogP contribution in [0, 0.1) is 0 Å². The Bertz CT molecular complexity index is 651. The fraction of sp³-hybridized carbons (Fsp3) is 0.951. The third-order valence-electron chi connectivity index (χ3n) is 10.0. The van der Waals surface area contributed by atoms with Gasteiger partial charge in [0.15, 0.2) is 5.79 Å². The van der Waals surface area contributed by atoms with Crippen molar-refractivity contribution in [2.75, 3.05) is 7.05 Å². The van der Waals surface area contributed by atoms with Crippen molar-refractivity contribution in [3.05, 3.63) is 0 Å². The average molecular weight is 666 g/mol. The third-order valence-corrected chi connectivity index (χ3v) is 10.0. The van der Waals surface area contributed by atoms with Gasteiger partial charge in [-0.1, -0.05) is 194 Å². The lowest BCUT2D eigenvalue weighted by atomic mass is 10.0. The lowest BCUT2D eigenvalue weighted by Crippen LogP contribution is -2.69. The van der Waals surface area contributed by atoms with Gasteiger partial charge >= 0.3 is 0 Å². The number of aliphatic hydroxyl groups is 1. The van der Waals surface area contributed by atoms with Crippen LogP contribution in [-0.4, -0.2) is 40.9 Å². The number of rotatable bonds is 36. The van der Waals surface area contributed by atoms with Crippen LogP contribution in [0.5, 0.6) is 0 Å². The van der Waals surface area contributed by atoms with Crippen LogP contribution in [0.2, 0.25) is 0 Å². The minimum Gasteiger partial charge on any atom is -0.379 e. The number of carbonyl (C=O) groups is 2. The molecule has 0 aromatic carbocycles. The predicted molar refractivity (Wildman–Crippen MR) is 203 cm³/mol. The maximum Gasteiger partial charge on any atom is 0.222 e. The van der Waals surface area contributed by atoms with Gasteiger partial charge in [0.2, 0.25) is 11.8 Å². The van der Waals surface area contributed by atoms with Gasteiger partial charge in [0.25, 0.3) is 0 Å². The summed E-state index contributed by atoms with van der Waals surface area (Å²) in [5.41, 5.74) is 0. The summed E-state index contributed by atoms with van der Waals surface area (Å²) in [6.45, 7) is 7.97. The van der Waals surface area contributed by atoms with Crippen LogP contribution in [0.3, 0.4) is 0 Å². The molecule has 0 spiro atoms. The van der Waals surface area contributed by atoms with Crippen LogP contribution in [0.1, 0.15) is 233 Å². The fourth-order valence-corrected chi connectivity index (χ4v) is 6.56. The summed E-state index contributed by atoms with van der Waals surface area (Å²) in [6.07, 6.45) is 39.0. The Kier molecular flexibility index (Phi) is 32.6. The summed E-state index contributed by atoms with van der Waals surface area (Å²) in [5, 5.41) is 16.2. The van der Waals surface area contributed by atoms with Crippen LogP contribution in [-0.2, 0) is 9.59 Å². The maximum absolute atomic E-state index is 12.8. The molecule has 0 radical (unpaired) electrons. The molecule has 0 saturated carbocycles. The molecule has 0 saturated heterocycles. The molecule has 47 heavy (non-hydrogen) atoms. The summed E-state index contributed by atoms with van der Waals surface area (Å²) >= 11 is 0. The van der Waals surface area contributed by atoms with Gasteiger partial charge in [-0.2, -0.15) is 0 Å². The Hall–Kier alpha value is -1.14. The van der Waals surface area contributed by atoms with Crippen molar-refractivity contribution in [3.63, 3.8) is 0 Å². The van der Waals surface area contributed by atoms with E-state index in [1.165, 1.54) is 167 Å². The first-order valence-electron chi connectivity index (χ1n) is 20.8. The quantitative estimate of drug-likeness (QED) is 0.0459. The Morgan fingerprint density at radius 1 is 0.489 bits per heavy atom. The van der Waals surface area contributed by atoms with Crippen LogP contribution in [0.15, 0.2) is 0 Å². The topological polar surface area (TPSA) is 81.7 Å². The summed E-state index contributed by atoms with van der Waals surface area (Å²) in [7, 11) is 1.73. The molecule has 6 nitrogen and oxygen atoms in total. The van der Waals surface area contributed by atoms with Crippen molar-refractivity contribution in [2.24, 2.45) is 0 Å². The first kappa shape index (κ1) is 45.9. The van der Waals surface area contributed by atoms with Gasteiger partial charge in [0, 0.05) is 12.8 Å². The zero-order valence-electron chi connectivity index (χ0n) is 32.4. The zero-order chi connectivity index (χ0) is 34.9. The average Bonchev–Trinajstić information content (AvgIpc) is 3.04. The molecule has 1 unspecified atom stereocenters. The van der Waals surface area contributed by atoms with E-state index in [2.05, 4.69) is 24.5 Å². The van der Waals surface area contributed by atoms with Gasteiger partial charge in [-0.25, -0.2) is 4.90 Å². The maximum atomic E-state index is 12.8. The molecule has 3 N–H and O–H groups in total. The van der Waals surface area contributed by atoms with Gasteiger partial charge in [-0.3, -0.25) is 9.59 Å². The molecular formula is C41H83N3O3. The van der Waals surface area contributed by atoms with Crippen LogP contribution in [0.25, 0.3) is 0 Å². The van der Waals surface area contributed by atoms with E-state index in [0.29, 0.717) is 12.8 Å². The number of nitrogens with zero attached hydrogens (tertiary/aromatic N) is 1. The van der Waals surface area contributed by atoms with E-state index in [1.54, 1.807) is 25.8 Å². The number of amides is 2. The van der Waals surface area contributed by atoms with E-state index in [1.807, 2.05) is 0 Å². The van der Waals surface area contributed by atoms with Crippen molar-refractivity contribution in [3.8, 4) is 0 Å². The van der Waals surface area contributed by atoms with E-state index in [-0.39, 0.29) is 11.8 Å². The highest BCUT2D eigenvalue weighted by molar-refractivity contribution is 5.80. The molecule has 0 aliphatic heterocycles. The molecule has 0 aromatic heterocycles. The lowest BCUT2D eigenvalue weighted by Gasteiger charge is -2.41. The molecule has 0 aliphatic carbocycles. The molecular weight excluding hydrogens is 582 g/mol. The van der Waals surface area contributed by atoms with E-state index in [4.69, 9.17) is 0 Å². The number of carbonyl (C=O) groups excluding carboxylic acids is 2. The number of nitrogens with one attached hydrogen (secondary N) is 2. The zero-order valence-corrected chi connectivity index (χ0v) is 32.4. The summed E-state index contributed by atoms with van der Waals surface area (Å²) < 4.78 is 0. The molecule has 1 atom stereocenters. The minimum absolute atomic E-state index is 0.0815. The first-order chi connectivity index (χ1) is 22.8. The molecule has 0 heterocycles. The smallest absolute Gasteiger partial charge is 0.222 e. The predicted octanol–water partition coefficient (Wildman–Crippen LogP) is 11.7. The molecule has 0 rings (SSSR count). The van der Waals surface area contributed by atoms with Crippen LogP contribution < -0.4 is 10.6 Å². The third kappa shape index (κ3) is 29.5. The standard InChI is InChI=1S/C41H83N3O3/c1-6-8-10-12-14-16-18-20-22-24-26-28-30-32-34-36-39(46)42-41(4,44(5)38(3)45)43-40(47)37-35-33-31-29-27-25-23-21-19-17-15-13-11-9-7-2/h38,45H,6-37H2,1-5H3,(H,42,46)(H,43,47). The normalized spacial score (nSPS) is 12.5. The molecule has 0 aromatic rings. The second-order valence-electron chi connectivity index (χ2n) is 14.8. The van der Waals surface area contributed by atoms with Crippen molar-refractivity contribution in [2.45, 2.75) is 245 Å². The van der Waals surface area contributed by atoms with Gasteiger partial charge in [-0.15, -0.1) is 0 Å². The number of aliphatic hydroxyl groups excluding tert-OH is 1. The Labute approximate surface area is 293 Å². The van der Waals surface area contributed by atoms with E-state index >= 15 is 0 Å². The van der Waals surface area contributed by atoms with Gasteiger partial charge in [0.05, 0.1) is 0 Å². The summed E-state index contributed by atoms with van der Waals surface area (Å²) in [5.74, 6) is -1.28. The fourth-order valence-electron chi connectivity index (χ4n) is 6.56. The van der Waals surface area contributed by atoms with E-state index in [9.17, 15) is 14.7 Å². The van der Waals surface area contributed by atoms with Gasteiger partial charge in [-0.05, 0) is 33.7 Å². The first-order valence-corrected chi connectivity index (χ1v) is 20.8. The Balaban J connectivity index is 3.98. The van der Waals surface area contributed by atoms with Gasteiger partial charge < -0.3 is 15.7 Å². The largest absolute Gasteiger partial charge is 0.379 e. The number of hydrogen-bond donors (Lipinski definition) is 3. The second-order valence-corrected chi connectivity index (χ2v) is 14.8. The lowest BCUT2D eigenvalue weighted by molar-refractivity contribution is -0.137. The van der Waals surface area contributed by atoms with E-state index < -0.39 is 12.0 Å². The van der Waals surface area contributed by atoms with Crippen molar-refractivity contribution in [1.82, 2.24) is 15.5 Å². The SMILES string of the molecule is CCCCCCCCCCCCCCCCCC(=O)NC(C)(NC(=O)CCCCCCCCCCCCCCCCC)N(C)C(C)O.